The maximum atomic E-state index is 3.63. The molecule has 0 atom stereocenters. The molecular weight excluding hydrogens is 242 g/mol. The van der Waals surface area contributed by atoms with Crippen molar-refractivity contribution in [1.29, 1.82) is 0 Å². The second kappa shape index (κ2) is 6.76. The molecule has 1 saturated carbocycles. The van der Waals surface area contributed by atoms with Crippen LogP contribution in [0.15, 0.2) is 12.1 Å². The van der Waals surface area contributed by atoms with Gasteiger partial charge in [0.15, 0.2) is 0 Å². The number of nitrogens with one attached hydrogen (secondary N) is 1. The Kier molecular flexibility index (Phi) is 5.26. The zero-order valence-electron chi connectivity index (χ0n) is 13.8. The molecule has 0 aliphatic heterocycles. The van der Waals surface area contributed by atoms with Gasteiger partial charge >= 0.3 is 0 Å². The number of hydrogen-bond donors (Lipinski definition) is 1. The van der Waals surface area contributed by atoms with Gasteiger partial charge in [-0.05, 0) is 68.7 Å². The van der Waals surface area contributed by atoms with E-state index in [1.165, 1.54) is 61.8 Å². The lowest BCUT2D eigenvalue weighted by Gasteiger charge is -2.38. The first kappa shape index (κ1) is 15.6. The summed E-state index contributed by atoms with van der Waals surface area (Å²) in [5.41, 5.74) is 6.48. The Labute approximate surface area is 125 Å². The molecule has 1 fully saturated rings. The largest absolute Gasteiger partial charge is 0.316 e. The van der Waals surface area contributed by atoms with Gasteiger partial charge < -0.3 is 5.32 Å². The summed E-state index contributed by atoms with van der Waals surface area (Å²) >= 11 is 0. The summed E-state index contributed by atoms with van der Waals surface area (Å²) in [6.45, 7) is 11.3. The molecule has 0 bridgehead atoms. The predicted molar refractivity (Wildman–Crippen MR) is 88.4 cm³/mol. The van der Waals surface area contributed by atoms with E-state index >= 15 is 0 Å². The van der Waals surface area contributed by atoms with Gasteiger partial charge in [0.05, 0.1) is 0 Å². The van der Waals surface area contributed by atoms with Gasteiger partial charge in [-0.15, -0.1) is 0 Å². The smallest absolute Gasteiger partial charge is 0.00109 e. The fraction of sp³-hybridized carbons (Fsp3) is 0.684. The van der Waals surface area contributed by atoms with Crippen LogP contribution in [0.4, 0.5) is 0 Å². The first-order valence-electron chi connectivity index (χ1n) is 8.34. The Morgan fingerprint density at radius 2 is 1.60 bits per heavy atom. The lowest BCUT2D eigenvalue weighted by molar-refractivity contribution is 0.181. The van der Waals surface area contributed by atoms with Gasteiger partial charge in [0.25, 0.3) is 0 Å². The van der Waals surface area contributed by atoms with Crippen LogP contribution < -0.4 is 5.32 Å². The zero-order valence-corrected chi connectivity index (χ0v) is 13.8. The Balaban J connectivity index is 2.23. The van der Waals surface area contributed by atoms with E-state index in [1.54, 1.807) is 5.56 Å². The van der Waals surface area contributed by atoms with Gasteiger partial charge in [-0.3, -0.25) is 0 Å². The van der Waals surface area contributed by atoms with E-state index in [1.807, 2.05) is 0 Å². The van der Waals surface area contributed by atoms with Crippen molar-refractivity contribution in [3.05, 3.63) is 34.4 Å². The van der Waals surface area contributed by atoms with Gasteiger partial charge in [0.2, 0.25) is 0 Å². The summed E-state index contributed by atoms with van der Waals surface area (Å²) < 4.78 is 0. The molecule has 0 spiro atoms. The SMILES string of the molecule is CCNCC1(Cc2c(C)cc(C)cc2C)CCCCC1. The third kappa shape index (κ3) is 3.63. The van der Waals surface area contributed by atoms with Crippen LogP contribution in [0.1, 0.15) is 61.3 Å². The molecule has 0 radical (unpaired) electrons. The average Bonchev–Trinajstić information content (AvgIpc) is 2.42. The predicted octanol–water partition coefficient (Wildman–Crippen LogP) is 4.71. The van der Waals surface area contributed by atoms with E-state index in [0.717, 1.165) is 6.54 Å². The van der Waals surface area contributed by atoms with Crippen molar-refractivity contribution in [3.8, 4) is 0 Å². The topological polar surface area (TPSA) is 12.0 Å². The van der Waals surface area contributed by atoms with E-state index in [9.17, 15) is 0 Å². The van der Waals surface area contributed by atoms with Crippen LogP contribution in [-0.4, -0.2) is 13.1 Å². The molecule has 0 saturated heterocycles. The summed E-state index contributed by atoms with van der Waals surface area (Å²) in [5, 5.41) is 3.63. The van der Waals surface area contributed by atoms with Crippen molar-refractivity contribution in [2.24, 2.45) is 5.41 Å². The third-order valence-corrected chi connectivity index (χ3v) is 5.06. The Morgan fingerprint density at radius 3 is 2.15 bits per heavy atom. The van der Waals surface area contributed by atoms with Crippen LogP contribution in [0.5, 0.6) is 0 Å². The molecule has 1 aromatic rings. The van der Waals surface area contributed by atoms with Crippen molar-refractivity contribution in [2.75, 3.05) is 13.1 Å². The van der Waals surface area contributed by atoms with E-state index in [0.29, 0.717) is 5.41 Å². The van der Waals surface area contributed by atoms with E-state index < -0.39 is 0 Å². The van der Waals surface area contributed by atoms with Crippen molar-refractivity contribution in [3.63, 3.8) is 0 Å². The number of hydrogen-bond acceptors (Lipinski definition) is 1. The van der Waals surface area contributed by atoms with E-state index in [4.69, 9.17) is 0 Å². The number of rotatable bonds is 5. The summed E-state index contributed by atoms with van der Waals surface area (Å²) in [5.74, 6) is 0. The molecule has 1 heteroatoms. The third-order valence-electron chi connectivity index (χ3n) is 5.06. The first-order valence-corrected chi connectivity index (χ1v) is 8.34. The summed E-state index contributed by atoms with van der Waals surface area (Å²) in [7, 11) is 0. The number of benzene rings is 1. The molecule has 20 heavy (non-hydrogen) atoms. The molecule has 2 rings (SSSR count). The second-order valence-electron chi connectivity index (χ2n) is 6.90. The second-order valence-corrected chi connectivity index (χ2v) is 6.90. The maximum Gasteiger partial charge on any atom is 0.00109 e. The van der Waals surface area contributed by atoms with Crippen molar-refractivity contribution >= 4 is 0 Å². The van der Waals surface area contributed by atoms with Crippen molar-refractivity contribution in [2.45, 2.75) is 66.2 Å². The molecule has 1 nitrogen and oxygen atoms in total. The van der Waals surface area contributed by atoms with Gasteiger partial charge in [0, 0.05) is 6.54 Å². The van der Waals surface area contributed by atoms with Crippen molar-refractivity contribution < 1.29 is 0 Å². The molecular formula is C19H31N. The average molecular weight is 273 g/mol. The van der Waals surface area contributed by atoms with Crippen LogP contribution >= 0.6 is 0 Å². The molecule has 1 aliphatic carbocycles. The quantitative estimate of drug-likeness (QED) is 0.819. The van der Waals surface area contributed by atoms with Crippen LogP contribution in [0, 0.1) is 26.2 Å². The van der Waals surface area contributed by atoms with E-state index in [2.05, 4.69) is 45.1 Å². The fourth-order valence-electron chi connectivity index (χ4n) is 3.97. The highest BCUT2D eigenvalue weighted by Crippen LogP contribution is 2.40. The zero-order chi connectivity index (χ0) is 14.6. The molecule has 0 amide bonds. The van der Waals surface area contributed by atoms with Crippen LogP contribution in [0.2, 0.25) is 0 Å². The Morgan fingerprint density at radius 1 is 1.00 bits per heavy atom. The fourth-order valence-corrected chi connectivity index (χ4v) is 3.97. The van der Waals surface area contributed by atoms with Gasteiger partial charge in [0.1, 0.15) is 0 Å². The molecule has 1 aliphatic rings. The minimum Gasteiger partial charge on any atom is -0.316 e. The van der Waals surface area contributed by atoms with Gasteiger partial charge in [-0.1, -0.05) is 43.9 Å². The molecule has 0 aromatic heterocycles. The van der Waals surface area contributed by atoms with Crippen LogP contribution in [0.25, 0.3) is 0 Å². The molecule has 0 unspecified atom stereocenters. The van der Waals surface area contributed by atoms with Crippen molar-refractivity contribution in [1.82, 2.24) is 5.32 Å². The summed E-state index contributed by atoms with van der Waals surface area (Å²) in [6, 6.07) is 4.71. The lowest BCUT2D eigenvalue weighted by atomic mass is 9.69. The first-order chi connectivity index (χ1) is 9.56. The lowest BCUT2D eigenvalue weighted by Crippen LogP contribution is -2.38. The highest BCUT2D eigenvalue weighted by Gasteiger charge is 2.32. The standard InChI is InChI=1S/C19H31N/c1-5-20-14-19(9-7-6-8-10-19)13-18-16(3)11-15(2)12-17(18)4/h11-12,20H,5-10,13-14H2,1-4H3. The summed E-state index contributed by atoms with van der Waals surface area (Å²) in [6.07, 6.45) is 8.31. The van der Waals surface area contributed by atoms with Gasteiger partial charge in [-0.25, -0.2) is 0 Å². The normalized spacial score (nSPS) is 18.2. The highest BCUT2D eigenvalue weighted by molar-refractivity contribution is 5.38. The molecule has 112 valence electrons. The van der Waals surface area contributed by atoms with Crippen LogP contribution in [-0.2, 0) is 6.42 Å². The minimum atomic E-state index is 0.499. The molecule has 1 aromatic carbocycles. The highest BCUT2D eigenvalue weighted by atomic mass is 14.9. The van der Waals surface area contributed by atoms with Gasteiger partial charge in [-0.2, -0.15) is 0 Å². The maximum absolute atomic E-state index is 3.63. The molecule has 1 N–H and O–H groups in total. The Hall–Kier alpha value is -0.820. The Bertz CT molecular complexity index is 418. The molecule has 0 heterocycles. The summed E-state index contributed by atoms with van der Waals surface area (Å²) in [4.78, 5) is 0. The van der Waals surface area contributed by atoms with Crippen LogP contribution in [0.3, 0.4) is 0 Å². The monoisotopic (exact) mass is 273 g/mol. The number of aryl methyl sites for hydroxylation is 3. The van der Waals surface area contributed by atoms with E-state index in [-0.39, 0.29) is 0 Å². The minimum absolute atomic E-state index is 0.499.